The second-order valence-corrected chi connectivity index (χ2v) is 5.31. The van der Waals surface area contributed by atoms with Crippen LogP contribution in [-0.2, 0) is 4.79 Å². The maximum atomic E-state index is 12.1. The van der Waals surface area contributed by atoms with Gasteiger partial charge in [0.05, 0.1) is 20.8 Å². The van der Waals surface area contributed by atoms with Crippen LogP contribution in [0.2, 0.25) is 0 Å². The third kappa shape index (κ3) is 5.57. The second kappa shape index (κ2) is 9.37. The van der Waals surface area contributed by atoms with Gasteiger partial charge >= 0.3 is 0 Å². The molecule has 1 amide bonds. The van der Waals surface area contributed by atoms with E-state index in [0.717, 1.165) is 17.7 Å². The molecule has 0 aliphatic carbocycles. The Morgan fingerprint density at radius 3 is 2.60 bits per heavy atom. The average Bonchev–Trinajstić information content (AvgIpc) is 2.64. The van der Waals surface area contributed by atoms with Crippen LogP contribution in [0.15, 0.2) is 48.5 Å². The van der Waals surface area contributed by atoms with Crippen LogP contribution in [0.5, 0.6) is 17.2 Å². The van der Waals surface area contributed by atoms with Crippen molar-refractivity contribution < 1.29 is 19.0 Å². The van der Waals surface area contributed by atoms with Crippen LogP contribution in [0.25, 0.3) is 6.08 Å². The highest BCUT2D eigenvalue weighted by molar-refractivity contribution is 6.02. The molecule has 0 radical (unpaired) electrons. The monoisotopic (exact) mass is 341 g/mol. The van der Waals surface area contributed by atoms with E-state index in [1.807, 2.05) is 37.3 Å². The summed E-state index contributed by atoms with van der Waals surface area (Å²) in [5, 5.41) is 2.82. The zero-order valence-corrected chi connectivity index (χ0v) is 14.7. The summed E-state index contributed by atoms with van der Waals surface area (Å²) in [7, 11) is 3.16. The van der Waals surface area contributed by atoms with Crippen molar-refractivity contribution >= 4 is 17.7 Å². The summed E-state index contributed by atoms with van der Waals surface area (Å²) in [5.41, 5.74) is 1.53. The molecule has 0 fully saturated rings. The van der Waals surface area contributed by atoms with Gasteiger partial charge < -0.3 is 19.5 Å². The molecule has 2 rings (SSSR count). The van der Waals surface area contributed by atoms with Crippen molar-refractivity contribution in [1.29, 1.82) is 0 Å². The van der Waals surface area contributed by atoms with Crippen LogP contribution in [0.1, 0.15) is 18.9 Å². The van der Waals surface area contributed by atoms with Gasteiger partial charge in [0.1, 0.15) is 5.75 Å². The van der Waals surface area contributed by atoms with E-state index in [0.29, 0.717) is 23.8 Å². The number of carbonyl (C=O) groups is 1. The molecule has 0 atom stereocenters. The highest BCUT2D eigenvalue weighted by Gasteiger charge is 2.04. The lowest BCUT2D eigenvalue weighted by molar-refractivity contribution is -0.111. The van der Waals surface area contributed by atoms with Crippen molar-refractivity contribution in [3.05, 3.63) is 54.1 Å². The van der Waals surface area contributed by atoms with Gasteiger partial charge in [0.25, 0.3) is 0 Å². The predicted molar refractivity (Wildman–Crippen MR) is 99.4 cm³/mol. The molecule has 0 heterocycles. The van der Waals surface area contributed by atoms with E-state index in [1.54, 1.807) is 32.4 Å². The Kier molecular flexibility index (Phi) is 6.89. The fraction of sp³-hybridized carbons (Fsp3) is 0.250. The lowest BCUT2D eigenvalue weighted by Gasteiger charge is -2.08. The summed E-state index contributed by atoms with van der Waals surface area (Å²) in [5.74, 6) is 1.78. The van der Waals surface area contributed by atoms with Crippen molar-refractivity contribution in [2.45, 2.75) is 13.3 Å². The molecular weight excluding hydrogens is 318 g/mol. The van der Waals surface area contributed by atoms with Gasteiger partial charge in [-0.1, -0.05) is 19.1 Å². The van der Waals surface area contributed by atoms with Gasteiger partial charge in [-0.2, -0.15) is 0 Å². The van der Waals surface area contributed by atoms with Crippen LogP contribution < -0.4 is 19.5 Å². The third-order valence-electron chi connectivity index (χ3n) is 3.41. The summed E-state index contributed by atoms with van der Waals surface area (Å²) >= 11 is 0. The molecule has 5 heteroatoms. The van der Waals surface area contributed by atoms with Crippen LogP contribution in [-0.4, -0.2) is 26.7 Å². The normalized spacial score (nSPS) is 10.5. The first-order valence-corrected chi connectivity index (χ1v) is 8.10. The quantitative estimate of drug-likeness (QED) is 0.733. The zero-order valence-electron chi connectivity index (χ0n) is 14.7. The number of rotatable bonds is 8. The molecule has 0 aromatic heterocycles. The van der Waals surface area contributed by atoms with E-state index in [4.69, 9.17) is 14.2 Å². The van der Waals surface area contributed by atoms with Gasteiger partial charge in [-0.15, -0.1) is 0 Å². The number of hydrogen-bond donors (Lipinski definition) is 1. The molecule has 0 bridgehead atoms. The molecule has 0 aliphatic rings. The molecule has 0 aliphatic heterocycles. The van der Waals surface area contributed by atoms with E-state index in [-0.39, 0.29) is 5.91 Å². The SMILES string of the molecule is CCCOc1cccc(NC(=O)/C=C/c2ccc(OC)c(OC)c2)c1. The number of ether oxygens (including phenoxy) is 3. The van der Waals surface area contributed by atoms with Crippen molar-refractivity contribution in [2.75, 3.05) is 26.1 Å². The molecule has 2 aromatic rings. The summed E-state index contributed by atoms with van der Waals surface area (Å²) in [6.07, 6.45) is 4.13. The predicted octanol–water partition coefficient (Wildman–Crippen LogP) is 4.14. The molecule has 0 unspecified atom stereocenters. The Bertz CT molecular complexity index is 740. The van der Waals surface area contributed by atoms with E-state index < -0.39 is 0 Å². The Hall–Kier alpha value is -2.95. The standard InChI is InChI=1S/C20H23NO4/c1-4-12-25-17-7-5-6-16(14-17)21-20(22)11-9-15-8-10-18(23-2)19(13-15)24-3/h5-11,13-14H,4,12H2,1-3H3,(H,21,22)/b11-9+. The summed E-state index contributed by atoms with van der Waals surface area (Å²) in [6, 6.07) is 12.8. The van der Waals surface area contributed by atoms with E-state index in [1.165, 1.54) is 6.08 Å². The summed E-state index contributed by atoms with van der Waals surface area (Å²) in [4.78, 5) is 12.1. The number of carbonyl (C=O) groups excluding carboxylic acids is 1. The molecular formula is C20H23NO4. The van der Waals surface area contributed by atoms with Crippen molar-refractivity contribution in [3.63, 3.8) is 0 Å². The maximum Gasteiger partial charge on any atom is 0.248 e. The van der Waals surface area contributed by atoms with Crippen molar-refractivity contribution in [2.24, 2.45) is 0 Å². The Morgan fingerprint density at radius 2 is 1.88 bits per heavy atom. The minimum atomic E-state index is -0.220. The largest absolute Gasteiger partial charge is 0.494 e. The van der Waals surface area contributed by atoms with Gasteiger partial charge in [0.15, 0.2) is 11.5 Å². The fourth-order valence-electron chi connectivity index (χ4n) is 2.20. The number of amides is 1. The highest BCUT2D eigenvalue weighted by atomic mass is 16.5. The molecule has 5 nitrogen and oxygen atoms in total. The molecule has 0 saturated heterocycles. The van der Waals surface area contributed by atoms with Crippen molar-refractivity contribution in [3.8, 4) is 17.2 Å². The van der Waals surface area contributed by atoms with Gasteiger partial charge in [0, 0.05) is 17.8 Å². The van der Waals surface area contributed by atoms with Gasteiger partial charge in [-0.3, -0.25) is 4.79 Å². The molecule has 0 spiro atoms. The lowest BCUT2D eigenvalue weighted by Crippen LogP contribution is -2.07. The summed E-state index contributed by atoms with van der Waals surface area (Å²) in [6.45, 7) is 2.70. The number of benzene rings is 2. The number of methoxy groups -OCH3 is 2. The van der Waals surface area contributed by atoms with E-state index in [9.17, 15) is 4.79 Å². The van der Waals surface area contributed by atoms with E-state index in [2.05, 4.69) is 5.32 Å². The maximum absolute atomic E-state index is 12.1. The topological polar surface area (TPSA) is 56.8 Å². The minimum Gasteiger partial charge on any atom is -0.494 e. The lowest BCUT2D eigenvalue weighted by atomic mass is 10.2. The highest BCUT2D eigenvalue weighted by Crippen LogP contribution is 2.28. The zero-order chi connectivity index (χ0) is 18.1. The average molecular weight is 341 g/mol. The van der Waals surface area contributed by atoms with Crippen LogP contribution in [0.3, 0.4) is 0 Å². The second-order valence-electron chi connectivity index (χ2n) is 5.31. The molecule has 2 aromatic carbocycles. The van der Waals surface area contributed by atoms with Crippen LogP contribution >= 0.6 is 0 Å². The number of anilines is 1. The first-order valence-electron chi connectivity index (χ1n) is 8.10. The van der Waals surface area contributed by atoms with Crippen molar-refractivity contribution in [1.82, 2.24) is 0 Å². The molecule has 25 heavy (non-hydrogen) atoms. The first-order chi connectivity index (χ1) is 12.2. The molecule has 0 saturated carbocycles. The molecule has 132 valence electrons. The Labute approximate surface area is 148 Å². The number of hydrogen-bond acceptors (Lipinski definition) is 4. The Morgan fingerprint density at radius 1 is 1.08 bits per heavy atom. The first kappa shape index (κ1) is 18.4. The molecule has 1 N–H and O–H groups in total. The number of nitrogens with one attached hydrogen (secondary N) is 1. The van der Waals surface area contributed by atoms with Gasteiger partial charge in [0.2, 0.25) is 5.91 Å². The minimum absolute atomic E-state index is 0.220. The fourth-order valence-corrected chi connectivity index (χ4v) is 2.20. The van der Waals surface area contributed by atoms with E-state index >= 15 is 0 Å². The van der Waals surface area contributed by atoms with Crippen LogP contribution in [0.4, 0.5) is 5.69 Å². The van der Waals surface area contributed by atoms with Gasteiger partial charge in [-0.05, 0) is 42.3 Å². The van der Waals surface area contributed by atoms with Crippen LogP contribution in [0, 0.1) is 0 Å². The van der Waals surface area contributed by atoms with Gasteiger partial charge in [-0.25, -0.2) is 0 Å². The Balaban J connectivity index is 2.01. The third-order valence-corrected chi connectivity index (χ3v) is 3.41. The summed E-state index contributed by atoms with van der Waals surface area (Å²) < 4.78 is 16.0. The smallest absolute Gasteiger partial charge is 0.248 e.